The summed E-state index contributed by atoms with van der Waals surface area (Å²) in [6, 6.07) is 0. The maximum absolute atomic E-state index is 11.0. The van der Waals surface area contributed by atoms with Crippen LogP contribution in [0.5, 0.6) is 0 Å². The monoisotopic (exact) mass is 214 g/mol. The molecule has 0 spiro atoms. The molecule has 0 amide bonds. The Morgan fingerprint density at radius 2 is 2.50 bits per heavy atom. The quantitative estimate of drug-likeness (QED) is 0.534. The third-order valence-corrected chi connectivity index (χ3v) is 2.85. The van der Waals surface area contributed by atoms with Crippen LogP contribution in [0.4, 0.5) is 0 Å². The minimum Gasteiger partial charge on any atom is -0.316 e. The van der Waals surface area contributed by atoms with E-state index >= 15 is 0 Å². The fourth-order valence-electron chi connectivity index (χ4n) is 0.929. The number of hydrogen-bond acceptors (Lipinski definition) is 4. The van der Waals surface area contributed by atoms with Crippen LogP contribution in [0.25, 0.3) is 0 Å². The summed E-state index contributed by atoms with van der Waals surface area (Å²) in [6.45, 7) is 4.67. The fraction of sp³-hybridized carbons (Fsp3) is 0.500. The maximum atomic E-state index is 11.0. The van der Waals surface area contributed by atoms with Crippen LogP contribution in [0.2, 0.25) is 0 Å². The summed E-state index contributed by atoms with van der Waals surface area (Å²) in [7, 11) is 3.56. The topological polar surface area (TPSA) is 62.7 Å². The zero-order valence-electron chi connectivity index (χ0n) is 8.33. The van der Waals surface area contributed by atoms with E-state index in [1.54, 1.807) is 7.05 Å². The van der Waals surface area contributed by atoms with Gasteiger partial charge in [-0.25, -0.2) is 9.89 Å². The lowest BCUT2D eigenvalue weighted by Gasteiger charge is -2.03. The molecule has 0 atom stereocenters. The highest BCUT2D eigenvalue weighted by Crippen LogP contribution is 2.14. The first kappa shape index (κ1) is 11.1. The average molecular weight is 214 g/mol. The minimum absolute atomic E-state index is 0.188. The lowest BCUT2D eigenvalue weighted by molar-refractivity contribution is 0.766. The van der Waals surface area contributed by atoms with Gasteiger partial charge < -0.3 is 5.32 Å². The van der Waals surface area contributed by atoms with Gasteiger partial charge in [-0.1, -0.05) is 23.9 Å². The standard InChI is InChI=1S/C8H14N4OS/c1-6(4-9-2)5-14-8-11-10-7(13)12(8)3/h9H,1,4-5H2,2-3H3,(H,10,13). The van der Waals surface area contributed by atoms with Crippen LogP contribution in [0.15, 0.2) is 22.1 Å². The van der Waals surface area contributed by atoms with Gasteiger partial charge in [0.05, 0.1) is 0 Å². The van der Waals surface area contributed by atoms with Gasteiger partial charge in [-0.15, -0.1) is 5.10 Å². The largest absolute Gasteiger partial charge is 0.343 e. The number of aromatic amines is 1. The number of H-pyrrole nitrogens is 1. The van der Waals surface area contributed by atoms with E-state index in [9.17, 15) is 4.79 Å². The molecule has 0 aliphatic rings. The number of hydrogen-bond donors (Lipinski definition) is 2. The molecular weight excluding hydrogens is 200 g/mol. The number of nitrogens with zero attached hydrogens (tertiary/aromatic N) is 2. The van der Waals surface area contributed by atoms with Gasteiger partial charge in [0.25, 0.3) is 0 Å². The van der Waals surface area contributed by atoms with Gasteiger partial charge >= 0.3 is 5.69 Å². The predicted octanol–water partition coefficient (Wildman–Crippen LogP) is -0.0239. The highest BCUT2D eigenvalue weighted by molar-refractivity contribution is 7.99. The summed E-state index contributed by atoms with van der Waals surface area (Å²) in [6.07, 6.45) is 0. The van der Waals surface area contributed by atoms with Gasteiger partial charge in [-0.3, -0.25) is 4.57 Å². The molecule has 0 unspecified atom stereocenters. The van der Waals surface area contributed by atoms with E-state index < -0.39 is 0 Å². The Labute approximate surface area is 86.6 Å². The van der Waals surface area contributed by atoms with Crippen LogP contribution >= 0.6 is 11.8 Å². The molecule has 0 bridgehead atoms. The summed E-state index contributed by atoms with van der Waals surface area (Å²) in [4.78, 5) is 11.0. The van der Waals surface area contributed by atoms with Crippen molar-refractivity contribution in [2.45, 2.75) is 5.16 Å². The number of nitrogens with one attached hydrogen (secondary N) is 2. The second kappa shape index (κ2) is 5.02. The maximum Gasteiger partial charge on any atom is 0.343 e. The third kappa shape index (κ3) is 2.74. The van der Waals surface area contributed by atoms with Crippen molar-refractivity contribution in [3.05, 3.63) is 22.6 Å². The van der Waals surface area contributed by atoms with E-state index in [0.717, 1.165) is 17.9 Å². The Hall–Kier alpha value is -1.01. The van der Waals surface area contributed by atoms with E-state index in [-0.39, 0.29) is 5.69 Å². The molecule has 6 heteroatoms. The van der Waals surface area contributed by atoms with Crippen molar-refractivity contribution in [1.82, 2.24) is 20.1 Å². The summed E-state index contributed by atoms with van der Waals surface area (Å²) < 4.78 is 1.48. The Kier molecular flexibility index (Phi) is 3.97. The normalized spacial score (nSPS) is 10.4. The van der Waals surface area contributed by atoms with Gasteiger partial charge in [0, 0.05) is 19.3 Å². The number of thioether (sulfide) groups is 1. The molecule has 14 heavy (non-hydrogen) atoms. The van der Waals surface area contributed by atoms with Gasteiger partial charge in [0.15, 0.2) is 5.16 Å². The Morgan fingerprint density at radius 3 is 3.00 bits per heavy atom. The van der Waals surface area contributed by atoms with Crippen LogP contribution in [0.1, 0.15) is 0 Å². The van der Waals surface area contributed by atoms with Crippen molar-refractivity contribution < 1.29 is 0 Å². The summed E-state index contributed by atoms with van der Waals surface area (Å²) in [5.41, 5.74) is 0.889. The molecule has 1 heterocycles. The molecule has 2 N–H and O–H groups in total. The molecule has 0 saturated heterocycles. The molecule has 0 aliphatic heterocycles. The lowest BCUT2D eigenvalue weighted by atomic mass is 10.3. The number of rotatable bonds is 5. The molecular formula is C8H14N4OS. The fourth-order valence-corrected chi connectivity index (χ4v) is 1.75. The van der Waals surface area contributed by atoms with Gasteiger partial charge in [0.2, 0.25) is 0 Å². The zero-order valence-corrected chi connectivity index (χ0v) is 9.15. The van der Waals surface area contributed by atoms with Crippen LogP contribution in [0, 0.1) is 0 Å². The second-order valence-corrected chi connectivity index (χ2v) is 3.88. The molecule has 0 aromatic carbocycles. The molecule has 0 aliphatic carbocycles. The molecule has 78 valence electrons. The van der Waals surface area contributed by atoms with Gasteiger partial charge in [-0.05, 0) is 7.05 Å². The van der Waals surface area contributed by atoms with E-state index in [2.05, 4.69) is 22.1 Å². The van der Waals surface area contributed by atoms with E-state index in [1.165, 1.54) is 16.3 Å². The van der Waals surface area contributed by atoms with Crippen LogP contribution < -0.4 is 11.0 Å². The second-order valence-electron chi connectivity index (χ2n) is 2.94. The predicted molar refractivity (Wildman–Crippen MR) is 57.6 cm³/mol. The first-order valence-electron chi connectivity index (χ1n) is 4.20. The molecule has 0 radical (unpaired) electrons. The van der Waals surface area contributed by atoms with Gasteiger partial charge in [0.1, 0.15) is 0 Å². The van der Waals surface area contributed by atoms with Crippen molar-refractivity contribution in [3.8, 4) is 0 Å². The van der Waals surface area contributed by atoms with E-state index in [0.29, 0.717) is 5.16 Å². The Balaban J connectivity index is 2.50. The highest BCUT2D eigenvalue weighted by atomic mass is 32.2. The van der Waals surface area contributed by atoms with Crippen LogP contribution in [0.3, 0.4) is 0 Å². The van der Waals surface area contributed by atoms with Gasteiger partial charge in [-0.2, -0.15) is 0 Å². The van der Waals surface area contributed by atoms with Crippen LogP contribution in [-0.4, -0.2) is 34.1 Å². The van der Waals surface area contributed by atoms with Crippen molar-refractivity contribution in [2.75, 3.05) is 19.3 Å². The summed E-state index contributed by atoms with van der Waals surface area (Å²) >= 11 is 1.50. The lowest BCUT2D eigenvalue weighted by Crippen LogP contribution is -2.13. The summed E-state index contributed by atoms with van der Waals surface area (Å²) in [5, 5.41) is 9.96. The van der Waals surface area contributed by atoms with Crippen molar-refractivity contribution >= 4 is 11.8 Å². The van der Waals surface area contributed by atoms with Crippen molar-refractivity contribution in [2.24, 2.45) is 7.05 Å². The molecule has 1 aromatic rings. The molecule has 1 aromatic heterocycles. The molecule has 1 rings (SSSR count). The van der Waals surface area contributed by atoms with Crippen molar-refractivity contribution in [1.29, 1.82) is 0 Å². The summed E-state index contributed by atoms with van der Waals surface area (Å²) in [5.74, 6) is 0.763. The first-order chi connectivity index (χ1) is 6.65. The van der Waals surface area contributed by atoms with E-state index in [4.69, 9.17) is 0 Å². The Bertz CT molecular complexity index is 368. The Morgan fingerprint density at radius 1 is 1.79 bits per heavy atom. The highest BCUT2D eigenvalue weighted by Gasteiger charge is 2.04. The number of likely N-dealkylation sites (N-methyl/N-ethyl adjacent to an activating group) is 1. The number of aromatic nitrogens is 3. The molecule has 0 fully saturated rings. The smallest absolute Gasteiger partial charge is 0.316 e. The average Bonchev–Trinajstić information content (AvgIpc) is 2.46. The third-order valence-electron chi connectivity index (χ3n) is 1.67. The van der Waals surface area contributed by atoms with Crippen molar-refractivity contribution in [3.63, 3.8) is 0 Å². The van der Waals surface area contributed by atoms with E-state index in [1.807, 2.05) is 7.05 Å². The molecule has 5 nitrogen and oxygen atoms in total. The minimum atomic E-state index is -0.188. The van der Waals surface area contributed by atoms with Crippen LogP contribution in [-0.2, 0) is 7.05 Å². The SMILES string of the molecule is C=C(CNC)CSc1n[nH]c(=O)n1C. The molecule has 0 saturated carbocycles. The first-order valence-corrected chi connectivity index (χ1v) is 5.19. The zero-order chi connectivity index (χ0) is 10.6.